The average molecular weight is 443 g/mol. The van der Waals surface area contributed by atoms with Crippen molar-refractivity contribution in [3.05, 3.63) is 29.8 Å². The third-order valence-electron chi connectivity index (χ3n) is 4.63. The summed E-state index contributed by atoms with van der Waals surface area (Å²) < 4.78 is 39.0. The number of benzene rings is 1. The van der Waals surface area contributed by atoms with E-state index in [1.54, 1.807) is 32.9 Å². The number of hydroxylamine groups is 1. The number of hydrogen-bond acceptors (Lipinski definition) is 8. The van der Waals surface area contributed by atoms with E-state index in [0.717, 1.165) is 12.0 Å². The summed E-state index contributed by atoms with van der Waals surface area (Å²) in [5.41, 5.74) is 1.92. The molecule has 9 nitrogen and oxygen atoms in total. The minimum Gasteiger partial charge on any atom is -0.466 e. The summed E-state index contributed by atoms with van der Waals surface area (Å²) in [5.74, 6) is 0.0651. The number of ether oxygens (including phenoxy) is 2. The zero-order chi connectivity index (χ0) is 22.4. The van der Waals surface area contributed by atoms with Gasteiger partial charge < -0.3 is 14.8 Å². The highest BCUT2D eigenvalue weighted by atomic mass is 32.2. The van der Waals surface area contributed by atoms with Crippen LogP contribution in [0, 0.1) is 12.8 Å². The molecule has 1 aliphatic rings. The molecule has 2 unspecified atom stereocenters. The minimum absolute atomic E-state index is 0.0672. The fourth-order valence-corrected chi connectivity index (χ4v) is 3.85. The Kier molecular flexibility index (Phi) is 8.22. The van der Waals surface area contributed by atoms with Crippen LogP contribution in [0.3, 0.4) is 0 Å². The summed E-state index contributed by atoms with van der Waals surface area (Å²) >= 11 is 0. The third kappa shape index (κ3) is 7.92. The standard InChI is InChI=1S/C20H30N2O7S/c1-5-27-18(23)10-11-21-17-12-15(17)13-20(3,4)28-19(24)22-29-30(25,26)16-8-6-14(2)7-9-16/h6-9,15,17,21H,5,10-13H2,1-4H3,(H,22,24). The van der Waals surface area contributed by atoms with E-state index < -0.39 is 21.8 Å². The van der Waals surface area contributed by atoms with Crippen molar-refractivity contribution < 1.29 is 31.8 Å². The van der Waals surface area contributed by atoms with Gasteiger partial charge in [0.1, 0.15) is 5.60 Å². The molecule has 1 saturated carbocycles. The molecule has 0 aliphatic heterocycles. The fourth-order valence-electron chi connectivity index (χ4n) is 3.10. The maximum atomic E-state index is 12.1. The predicted octanol–water partition coefficient (Wildman–Crippen LogP) is 2.44. The van der Waals surface area contributed by atoms with Crippen molar-refractivity contribution in [2.45, 2.75) is 63.5 Å². The first kappa shape index (κ1) is 24.1. The Hall–Kier alpha value is -2.17. The monoisotopic (exact) mass is 442 g/mol. The number of amides is 1. The van der Waals surface area contributed by atoms with E-state index >= 15 is 0 Å². The van der Waals surface area contributed by atoms with Crippen molar-refractivity contribution in [1.29, 1.82) is 0 Å². The van der Waals surface area contributed by atoms with Crippen LogP contribution in [0.1, 0.15) is 45.6 Å². The van der Waals surface area contributed by atoms with Gasteiger partial charge in [-0.1, -0.05) is 17.7 Å². The number of rotatable bonds is 11. The number of hydrogen-bond donors (Lipinski definition) is 2. The lowest BCUT2D eigenvalue weighted by Gasteiger charge is -2.25. The summed E-state index contributed by atoms with van der Waals surface area (Å²) in [5, 5.41) is 3.28. The topological polar surface area (TPSA) is 120 Å². The van der Waals surface area contributed by atoms with Gasteiger partial charge in [0, 0.05) is 12.6 Å². The molecule has 1 amide bonds. The zero-order valence-electron chi connectivity index (χ0n) is 17.8. The van der Waals surface area contributed by atoms with Gasteiger partial charge in [0.25, 0.3) is 0 Å². The molecule has 0 aromatic heterocycles. The van der Waals surface area contributed by atoms with Gasteiger partial charge in [0.15, 0.2) is 0 Å². The lowest BCUT2D eigenvalue weighted by atomic mass is 10.0. The molecule has 168 valence electrons. The maximum absolute atomic E-state index is 12.1. The average Bonchev–Trinajstić information content (AvgIpc) is 3.37. The van der Waals surface area contributed by atoms with E-state index in [0.29, 0.717) is 31.9 Å². The van der Waals surface area contributed by atoms with E-state index in [-0.39, 0.29) is 16.9 Å². The van der Waals surface area contributed by atoms with Crippen molar-refractivity contribution in [2.24, 2.45) is 5.92 Å². The highest BCUT2D eigenvalue weighted by Gasteiger charge is 2.41. The van der Waals surface area contributed by atoms with Crippen molar-refractivity contribution in [3.8, 4) is 0 Å². The maximum Gasteiger partial charge on any atom is 0.432 e. The Bertz CT molecular complexity index is 837. The van der Waals surface area contributed by atoms with Gasteiger partial charge >= 0.3 is 22.2 Å². The summed E-state index contributed by atoms with van der Waals surface area (Å²) in [6, 6.07) is 6.30. The smallest absolute Gasteiger partial charge is 0.432 e. The first-order valence-corrected chi connectivity index (χ1v) is 11.3. The molecule has 0 bridgehead atoms. The van der Waals surface area contributed by atoms with Crippen LogP contribution in [0.5, 0.6) is 0 Å². The molecule has 2 N–H and O–H groups in total. The molecule has 1 aliphatic carbocycles. The number of nitrogens with one attached hydrogen (secondary N) is 2. The molecular formula is C20H30N2O7S. The first-order chi connectivity index (χ1) is 14.0. The largest absolute Gasteiger partial charge is 0.466 e. The fraction of sp³-hybridized carbons (Fsp3) is 0.600. The van der Waals surface area contributed by atoms with Crippen molar-refractivity contribution in [3.63, 3.8) is 0 Å². The Morgan fingerprint density at radius 3 is 2.50 bits per heavy atom. The van der Waals surface area contributed by atoms with Crippen LogP contribution < -0.4 is 10.8 Å². The molecule has 0 spiro atoms. The van der Waals surface area contributed by atoms with Gasteiger partial charge in [-0.05, 0) is 58.6 Å². The van der Waals surface area contributed by atoms with Gasteiger partial charge in [0.05, 0.1) is 17.9 Å². The van der Waals surface area contributed by atoms with E-state index in [1.165, 1.54) is 12.1 Å². The van der Waals surface area contributed by atoms with Crippen molar-refractivity contribution >= 4 is 22.2 Å². The Morgan fingerprint density at radius 2 is 1.87 bits per heavy atom. The molecular weight excluding hydrogens is 412 g/mol. The first-order valence-electron chi connectivity index (χ1n) is 9.90. The molecule has 30 heavy (non-hydrogen) atoms. The van der Waals surface area contributed by atoms with Crippen LogP contribution in [0.15, 0.2) is 29.2 Å². The lowest BCUT2D eigenvalue weighted by Crippen LogP contribution is -2.36. The van der Waals surface area contributed by atoms with Gasteiger partial charge in [-0.15, -0.1) is 4.28 Å². The van der Waals surface area contributed by atoms with Crippen LogP contribution in [0.25, 0.3) is 0 Å². The molecule has 2 rings (SSSR count). The van der Waals surface area contributed by atoms with Crippen molar-refractivity contribution in [1.82, 2.24) is 10.8 Å². The Morgan fingerprint density at radius 1 is 1.20 bits per heavy atom. The molecule has 0 radical (unpaired) electrons. The molecule has 0 saturated heterocycles. The van der Waals surface area contributed by atoms with Gasteiger partial charge in [-0.2, -0.15) is 13.9 Å². The zero-order valence-corrected chi connectivity index (χ0v) is 18.6. The highest BCUT2D eigenvalue weighted by molar-refractivity contribution is 7.86. The second-order valence-corrected chi connectivity index (χ2v) is 9.46. The highest BCUT2D eigenvalue weighted by Crippen LogP contribution is 2.38. The van der Waals surface area contributed by atoms with Gasteiger partial charge in [0.2, 0.25) is 0 Å². The van der Waals surface area contributed by atoms with Crippen LogP contribution in [-0.2, 0) is 28.7 Å². The Balaban J connectivity index is 1.71. The van der Waals surface area contributed by atoms with Crippen LogP contribution in [0.4, 0.5) is 4.79 Å². The number of carbonyl (C=O) groups is 2. The second-order valence-electron chi connectivity index (χ2n) is 7.92. The SMILES string of the molecule is CCOC(=O)CCNC1CC1CC(C)(C)OC(=O)NOS(=O)(=O)c1ccc(C)cc1. The molecule has 2 atom stereocenters. The normalized spacial score (nSPS) is 18.5. The molecule has 0 heterocycles. The number of esters is 1. The Labute approximate surface area is 177 Å². The summed E-state index contributed by atoms with van der Waals surface area (Å²) in [6.45, 7) is 7.99. The lowest BCUT2D eigenvalue weighted by molar-refractivity contribution is -0.142. The summed E-state index contributed by atoms with van der Waals surface area (Å²) in [7, 11) is -4.13. The number of aryl methyl sites for hydroxylation is 1. The third-order valence-corrected chi connectivity index (χ3v) is 5.78. The predicted molar refractivity (Wildman–Crippen MR) is 109 cm³/mol. The van der Waals surface area contributed by atoms with Crippen molar-refractivity contribution in [2.75, 3.05) is 13.2 Å². The van der Waals surface area contributed by atoms with E-state index in [9.17, 15) is 18.0 Å². The quantitative estimate of drug-likeness (QED) is 0.396. The summed E-state index contributed by atoms with van der Waals surface area (Å²) in [4.78, 5) is 23.3. The number of carbonyl (C=O) groups excluding carboxylic acids is 2. The molecule has 1 fully saturated rings. The second kappa shape index (κ2) is 10.2. The van der Waals surface area contributed by atoms with E-state index in [2.05, 4.69) is 9.60 Å². The van der Waals surface area contributed by atoms with Crippen LogP contribution >= 0.6 is 0 Å². The van der Waals surface area contributed by atoms with Gasteiger partial charge in [-0.3, -0.25) is 4.79 Å². The van der Waals surface area contributed by atoms with Crippen LogP contribution in [-0.4, -0.2) is 45.3 Å². The van der Waals surface area contributed by atoms with E-state index in [1.807, 2.05) is 12.4 Å². The molecule has 1 aromatic carbocycles. The minimum atomic E-state index is -4.13. The van der Waals surface area contributed by atoms with E-state index in [4.69, 9.17) is 9.47 Å². The molecule has 10 heteroatoms. The molecule has 1 aromatic rings. The van der Waals surface area contributed by atoms with Crippen LogP contribution in [0.2, 0.25) is 0 Å². The van der Waals surface area contributed by atoms with Gasteiger partial charge in [-0.25, -0.2) is 4.79 Å². The summed E-state index contributed by atoms with van der Waals surface area (Å²) in [6.07, 6.45) is 0.826.